The molecule has 1 aliphatic rings. The molecule has 0 saturated heterocycles. The van der Waals surface area contributed by atoms with Crippen LogP contribution in [-0.2, 0) is 6.61 Å². The van der Waals surface area contributed by atoms with Gasteiger partial charge in [0, 0.05) is 17.1 Å². The minimum absolute atomic E-state index is 0.0499. The lowest BCUT2D eigenvalue weighted by atomic mass is 9.67. The minimum Gasteiger partial charge on any atom is -0.392 e. The van der Waals surface area contributed by atoms with Crippen LogP contribution in [0, 0.1) is 17.3 Å². The molecule has 0 bridgehead atoms. The van der Waals surface area contributed by atoms with Crippen molar-refractivity contribution in [3.8, 4) is 0 Å². The summed E-state index contributed by atoms with van der Waals surface area (Å²) in [5.74, 6) is 1.04. The zero-order chi connectivity index (χ0) is 24.0. The maximum Gasteiger partial charge on any atom is 0.0681 e. The van der Waals surface area contributed by atoms with Crippen molar-refractivity contribution in [3.63, 3.8) is 0 Å². The highest BCUT2D eigenvalue weighted by atomic mass is 16.3. The third-order valence-electron chi connectivity index (χ3n) is 6.90. The lowest BCUT2D eigenvalue weighted by molar-refractivity contribution is 0.171. The van der Waals surface area contributed by atoms with Crippen LogP contribution < -0.4 is 4.90 Å². The molecule has 34 heavy (non-hydrogen) atoms. The van der Waals surface area contributed by atoms with Crippen molar-refractivity contribution in [2.24, 2.45) is 17.3 Å². The fourth-order valence-electron chi connectivity index (χ4n) is 4.98. The summed E-state index contributed by atoms with van der Waals surface area (Å²) in [4.78, 5) is 2.24. The number of allylic oxidation sites excluding steroid dienone is 2. The Morgan fingerprint density at radius 3 is 2.15 bits per heavy atom. The Hall–Kier alpha value is -3.32. The first-order valence-electron chi connectivity index (χ1n) is 12.2. The Balaban J connectivity index is 1.59. The van der Waals surface area contributed by atoms with E-state index in [0.717, 1.165) is 22.6 Å². The summed E-state index contributed by atoms with van der Waals surface area (Å²) in [5, 5.41) is 9.42. The smallest absolute Gasteiger partial charge is 0.0681 e. The highest BCUT2D eigenvalue weighted by Crippen LogP contribution is 2.43. The summed E-state index contributed by atoms with van der Waals surface area (Å²) in [6.45, 7) is 8.61. The van der Waals surface area contributed by atoms with Crippen LogP contribution in [0.3, 0.4) is 0 Å². The number of hydrogen-bond donors (Lipinski definition) is 1. The average Bonchev–Trinajstić information content (AvgIpc) is 2.86. The van der Waals surface area contributed by atoms with Crippen molar-refractivity contribution >= 4 is 23.1 Å². The van der Waals surface area contributed by atoms with Gasteiger partial charge in [-0.15, -0.1) is 5.73 Å². The summed E-state index contributed by atoms with van der Waals surface area (Å²) >= 11 is 0. The predicted octanol–water partition coefficient (Wildman–Crippen LogP) is 8.45. The van der Waals surface area contributed by atoms with Crippen LogP contribution in [0.2, 0.25) is 0 Å². The molecule has 3 aromatic carbocycles. The molecule has 1 N–H and O–H groups in total. The summed E-state index contributed by atoms with van der Waals surface area (Å²) in [6.07, 6.45) is 10.5. The molecule has 0 amide bonds. The van der Waals surface area contributed by atoms with Crippen molar-refractivity contribution in [2.45, 2.75) is 39.7 Å². The van der Waals surface area contributed by atoms with Gasteiger partial charge in [-0.05, 0) is 90.1 Å². The van der Waals surface area contributed by atoms with Crippen LogP contribution in [0.1, 0.15) is 44.2 Å². The number of hydrogen-bond acceptors (Lipinski definition) is 2. The van der Waals surface area contributed by atoms with Gasteiger partial charge in [-0.1, -0.05) is 75.0 Å². The van der Waals surface area contributed by atoms with Gasteiger partial charge in [-0.3, -0.25) is 0 Å². The first kappa shape index (κ1) is 23.8. The van der Waals surface area contributed by atoms with E-state index in [1.54, 1.807) is 0 Å². The normalized spacial score (nSPS) is 19.5. The van der Waals surface area contributed by atoms with E-state index >= 15 is 0 Å². The topological polar surface area (TPSA) is 23.5 Å². The molecule has 0 aliphatic heterocycles. The van der Waals surface area contributed by atoms with Crippen LogP contribution in [0.25, 0.3) is 6.08 Å². The maximum atomic E-state index is 9.42. The zero-order valence-electron chi connectivity index (χ0n) is 20.3. The number of para-hydroxylation sites is 1. The Bertz CT molecular complexity index is 1140. The van der Waals surface area contributed by atoms with Crippen molar-refractivity contribution in [3.05, 3.63) is 114 Å². The molecule has 1 saturated carbocycles. The summed E-state index contributed by atoms with van der Waals surface area (Å²) < 4.78 is 0. The van der Waals surface area contributed by atoms with Gasteiger partial charge >= 0.3 is 0 Å². The monoisotopic (exact) mass is 449 g/mol. The van der Waals surface area contributed by atoms with E-state index in [1.807, 2.05) is 18.2 Å². The molecule has 4 rings (SSSR count). The second-order valence-electron chi connectivity index (χ2n) is 10.1. The molecule has 2 nitrogen and oxygen atoms in total. The Kier molecular flexibility index (Phi) is 7.53. The maximum absolute atomic E-state index is 9.42. The number of nitrogens with zero attached hydrogens (tertiary/aromatic N) is 1. The van der Waals surface area contributed by atoms with E-state index in [4.69, 9.17) is 0 Å². The molecule has 1 aliphatic carbocycles. The molecule has 2 atom stereocenters. The average molecular weight is 450 g/mol. The third-order valence-corrected chi connectivity index (χ3v) is 6.90. The molecule has 0 radical (unpaired) electrons. The predicted molar refractivity (Wildman–Crippen MR) is 144 cm³/mol. The highest BCUT2D eigenvalue weighted by molar-refractivity contribution is 5.77. The number of aliphatic hydroxyl groups excluding tert-OH is 1. The summed E-state index contributed by atoms with van der Waals surface area (Å²) in [5.41, 5.74) is 8.79. The third kappa shape index (κ3) is 5.78. The number of benzene rings is 3. The summed E-state index contributed by atoms with van der Waals surface area (Å²) in [7, 11) is 0. The van der Waals surface area contributed by atoms with Gasteiger partial charge in [-0.2, -0.15) is 0 Å². The van der Waals surface area contributed by atoms with E-state index in [1.165, 1.54) is 24.8 Å². The van der Waals surface area contributed by atoms with Crippen molar-refractivity contribution in [2.75, 3.05) is 4.90 Å². The zero-order valence-corrected chi connectivity index (χ0v) is 20.3. The van der Waals surface area contributed by atoms with Gasteiger partial charge in [0.05, 0.1) is 6.61 Å². The van der Waals surface area contributed by atoms with Crippen LogP contribution in [0.15, 0.2) is 103 Å². The number of aliphatic hydroxyl groups is 1. The summed E-state index contributed by atoms with van der Waals surface area (Å²) in [6, 6.07) is 27.2. The molecule has 174 valence electrons. The Morgan fingerprint density at radius 2 is 1.53 bits per heavy atom. The highest BCUT2D eigenvalue weighted by Gasteiger charge is 2.32. The van der Waals surface area contributed by atoms with Gasteiger partial charge in [-0.25, -0.2) is 0 Å². The second kappa shape index (κ2) is 10.7. The molecule has 0 spiro atoms. The largest absolute Gasteiger partial charge is 0.392 e. The molecular weight excluding hydrogens is 414 g/mol. The van der Waals surface area contributed by atoms with Crippen molar-refractivity contribution < 1.29 is 5.11 Å². The lowest BCUT2D eigenvalue weighted by Crippen LogP contribution is -2.27. The van der Waals surface area contributed by atoms with Gasteiger partial charge in [0.15, 0.2) is 0 Å². The van der Waals surface area contributed by atoms with E-state index < -0.39 is 0 Å². The van der Waals surface area contributed by atoms with Crippen LogP contribution >= 0.6 is 0 Å². The van der Waals surface area contributed by atoms with Crippen LogP contribution in [0.4, 0.5) is 17.1 Å². The van der Waals surface area contributed by atoms with Gasteiger partial charge in [0.1, 0.15) is 0 Å². The van der Waals surface area contributed by atoms with Crippen LogP contribution in [-0.4, -0.2) is 5.11 Å². The fourth-order valence-corrected chi connectivity index (χ4v) is 4.98. The lowest BCUT2D eigenvalue weighted by Gasteiger charge is -2.38. The standard InChI is InChI=1S/C32H35NO/c1-4-8-27-21-22-32(2,3)23-28(27)16-11-25-12-17-30(18-13-25)33(29-9-6-5-7-10-29)31-19-14-26(24-34)15-20-31/h5-20,27-28,34H,1,21-24H2,2-3H3. The number of anilines is 3. The molecule has 0 aromatic heterocycles. The van der Waals surface area contributed by atoms with Crippen molar-refractivity contribution in [1.29, 1.82) is 0 Å². The van der Waals surface area contributed by atoms with E-state index in [9.17, 15) is 5.11 Å². The van der Waals surface area contributed by atoms with Gasteiger partial charge in [0.2, 0.25) is 0 Å². The van der Waals surface area contributed by atoms with Crippen molar-refractivity contribution in [1.82, 2.24) is 0 Å². The van der Waals surface area contributed by atoms with E-state index in [0.29, 0.717) is 17.3 Å². The first-order valence-corrected chi connectivity index (χ1v) is 12.2. The quantitative estimate of drug-likeness (QED) is 0.366. The SMILES string of the molecule is C=C=CC1CCC(C)(C)CC1C=Cc1ccc(N(c2ccccc2)c2ccc(CO)cc2)cc1. The molecule has 3 aromatic rings. The molecule has 1 fully saturated rings. The van der Waals surface area contributed by atoms with E-state index in [2.05, 4.69) is 110 Å². The van der Waals surface area contributed by atoms with Gasteiger partial charge < -0.3 is 10.0 Å². The van der Waals surface area contributed by atoms with E-state index in [-0.39, 0.29) is 6.61 Å². The second-order valence-corrected chi connectivity index (χ2v) is 10.1. The Morgan fingerprint density at radius 1 is 0.912 bits per heavy atom. The van der Waals surface area contributed by atoms with Gasteiger partial charge in [0.25, 0.3) is 0 Å². The molecule has 2 heteroatoms. The number of rotatable bonds is 7. The Labute approximate surface area is 204 Å². The molecular formula is C32H35NO. The fraction of sp³-hybridized carbons (Fsp3) is 0.281. The first-order chi connectivity index (χ1) is 16.5. The van der Waals surface area contributed by atoms with Crippen LogP contribution in [0.5, 0.6) is 0 Å². The minimum atomic E-state index is 0.0499. The molecule has 2 unspecified atom stereocenters. The molecule has 0 heterocycles.